The molecule has 0 aliphatic heterocycles. The number of carbonyl (C=O) groups is 1. The van der Waals surface area contributed by atoms with Crippen LogP contribution < -0.4 is 0 Å². The minimum absolute atomic E-state index is 0.0273. The smallest absolute Gasteiger partial charge is 0.307 e. The van der Waals surface area contributed by atoms with Gasteiger partial charge < -0.3 is 5.11 Å². The highest BCUT2D eigenvalue weighted by atomic mass is 16.4. The number of rotatable bonds is 2. The summed E-state index contributed by atoms with van der Waals surface area (Å²) in [5.41, 5.74) is 1.58. The Morgan fingerprint density at radius 3 is 3.15 bits per heavy atom. The molecule has 0 saturated carbocycles. The van der Waals surface area contributed by atoms with Crippen LogP contribution in [0.5, 0.6) is 0 Å². The SMILES string of the molecule is O=C(O)Cc1cccc2cn[nH]c12. The first-order valence-electron chi connectivity index (χ1n) is 3.90. The van der Waals surface area contributed by atoms with Gasteiger partial charge in [0.1, 0.15) is 0 Å². The average Bonchev–Trinajstić information content (AvgIpc) is 2.51. The summed E-state index contributed by atoms with van der Waals surface area (Å²) in [7, 11) is 0. The van der Waals surface area contributed by atoms with Crippen molar-refractivity contribution in [3.63, 3.8) is 0 Å². The molecule has 0 radical (unpaired) electrons. The lowest BCUT2D eigenvalue weighted by Gasteiger charge is -1.97. The van der Waals surface area contributed by atoms with Gasteiger partial charge in [0, 0.05) is 5.39 Å². The number of H-pyrrole nitrogens is 1. The highest BCUT2D eigenvalue weighted by Gasteiger charge is 2.05. The van der Waals surface area contributed by atoms with Crippen LogP contribution in [0.4, 0.5) is 0 Å². The molecule has 2 rings (SSSR count). The maximum absolute atomic E-state index is 10.5. The Bertz CT molecular complexity index is 448. The first-order valence-corrected chi connectivity index (χ1v) is 3.90. The zero-order chi connectivity index (χ0) is 9.26. The standard InChI is InChI=1S/C9H8N2O2/c12-8(13)4-6-2-1-3-7-5-10-11-9(6)7/h1-3,5H,4H2,(H,10,11)(H,12,13). The van der Waals surface area contributed by atoms with Crippen LogP contribution in [-0.4, -0.2) is 21.3 Å². The van der Waals surface area contributed by atoms with Crippen molar-refractivity contribution in [1.82, 2.24) is 10.2 Å². The molecule has 1 heterocycles. The number of nitrogens with zero attached hydrogens (tertiary/aromatic N) is 1. The van der Waals surface area contributed by atoms with E-state index in [9.17, 15) is 4.79 Å². The quantitative estimate of drug-likeness (QED) is 0.722. The molecular weight excluding hydrogens is 168 g/mol. The molecule has 0 bridgehead atoms. The van der Waals surface area contributed by atoms with Gasteiger partial charge in [-0.15, -0.1) is 0 Å². The third-order valence-corrected chi connectivity index (χ3v) is 1.90. The summed E-state index contributed by atoms with van der Waals surface area (Å²) in [4.78, 5) is 10.5. The second kappa shape index (κ2) is 2.90. The molecule has 0 aliphatic rings. The number of aromatic nitrogens is 2. The van der Waals surface area contributed by atoms with E-state index < -0.39 is 5.97 Å². The van der Waals surface area contributed by atoms with E-state index in [1.54, 1.807) is 12.3 Å². The summed E-state index contributed by atoms with van der Waals surface area (Å²) >= 11 is 0. The Morgan fingerprint density at radius 2 is 2.38 bits per heavy atom. The van der Waals surface area contributed by atoms with E-state index in [1.807, 2.05) is 12.1 Å². The zero-order valence-corrected chi connectivity index (χ0v) is 6.82. The molecule has 1 aromatic heterocycles. The Kier molecular flexibility index (Phi) is 1.73. The largest absolute Gasteiger partial charge is 0.481 e. The van der Waals surface area contributed by atoms with Gasteiger partial charge >= 0.3 is 5.97 Å². The van der Waals surface area contributed by atoms with Crippen molar-refractivity contribution in [2.75, 3.05) is 0 Å². The summed E-state index contributed by atoms with van der Waals surface area (Å²) < 4.78 is 0. The summed E-state index contributed by atoms with van der Waals surface area (Å²) in [5, 5.41) is 16.2. The number of fused-ring (bicyclic) bond motifs is 1. The van der Waals surface area contributed by atoms with Crippen molar-refractivity contribution < 1.29 is 9.90 Å². The predicted molar refractivity (Wildman–Crippen MR) is 47.4 cm³/mol. The fourth-order valence-electron chi connectivity index (χ4n) is 1.34. The number of hydrogen-bond donors (Lipinski definition) is 2. The molecule has 0 atom stereocenters. The molecule has 0 unspecified atom stereocenters. The van der Waals surface area contributed by atoms with Gasteiger partial charge in [0.2, 0.25) is 0 Å². The maximum atomic E-state index is 10.5. The van der Waals surface area contributed by atoms with Crippen molar-refractivity contribution in [1.29, 1.82) is 0 Å². The van der Waals surface area contributed by atoms with Gasteiger partial charge in [-0.2, -0.15) is 5.10 Å². The highest BCUT2D eigenvalue weighted by molar-refractivity contribution is 5.84. The minimum atomic E-state index is -0.831. The summed E-state index contributed by atoms with van der Waals surface area (Å²) in [6.45, 7) is 0. The van der Waals surface area contributed by atoms with Crippen LogP contribution in [0.3, 0.4) is 0 Å². The normalized spacial score (nSPS) is 10.5. The van der Waals surface area contributed by atoms with Crippen molar-refractivity contribution in [2.24, 2.45) is 0 Å². The third kappa shape index (κ3) is 1.38. The van der Waals surface area contributed by atoms with Gasteiger partial charge in [-0.25, -0.2) is 0 Å². The summed E-state index contributed by atoms with van der Waals surface area (Å²) in [6.07, 6.45) is 1.71. The second-order valence-corrected chi connectivity index (χ2v) is 2.82. The van der Waals surface area contributed by atoms with E-state index in [1.165, 1.54) is 0 Å². The third-order valence-electron chi connectivity index (χ3n) is 1.90. The van der Waals surface area contributed by atoms with Gasteiger partial charge in [0.25, 0.3) is 0 Å². The van der Waals surface area contributed by atoms with E-state index >= 15 is 0 Å². The maximum Gasteiger partial charge on any atom is 0.307 e. The number of para-hydroxylation sites is 1. The molecule has 0 aliphatic carbocycles. The molecule has 66 valence electrons. The molecule has 0 fully saturated rings. The van der Waals surface area contributed by atoms with Crippen LogP contribution in [0.25, 0.3) is 10.9 Å². The predicted octanol–water partition coefficient (Wildman–Crippen LogP) is 1.19. The van der Waals surface area contributed by atoms with Crippen LogP contribution >= 0.6 is 0 Å². The van der Waals surface area contributed by atoms with Gasteiger partial charge in [0.05, 0.1) is 18.1 Å². The number of aliphatic carboxylic acids is 1. The van der Waals surface area contributed by atoms with Crippen LogP contribution in [-0.2, 0) is 11.2 Å². The lowest BCUT2D eigenvalue weighted by molar-refractivity contribution is -0.136. The van der Waals surface area contributed by atoms with Crippen LogP contribution in [0, 0.1) is 0 Å². The zero-order valence-electron chi connectivity index (χ0n) is 6.82. The number of hydrogen-bond acceptors (Lipinski definition) is 2. The first-order chi connectivity index (χ1) is 6.27. The highest BCUT2D eigenvalue weighted by Crippen LogP contribution is 2.15. The van der Waals surface area contributed by atoms with E-state index in [0.29, 0.717) is 0 Å². The number of nitrogens with one attached hydrogen (secondary N) is 1. The van der Waals surface area contributed by atoms with Crippen molar-refractivity contribution in [3.8, 4) is 0 Å². The van der Waals surface area contributed by atoms with E-state index in [4.69, 9.17) is 5.11 Å². The van der Waals surface area contributed by atoms with Crippen molar-refractivity contribution in [3.05, 3.63) is 30.0 Å². The lowest BCUT2D eigenvalue weighted by atomic mass is 10.1. The van der Waals surface area contributed by atoms with Gasteiger partial charge in [-0.3, -0.25) is 9.89 Å². The summed E-state index contributed by atoms with van der Waals surface area (Å²) in [6, 6.07) is 5.51. The van der Waals surface area contributed by atoms with Crippen LogP contribution in [0.1, 0.15) is 5.56 Å². The molecule has 0 spiro atoms. The van der Waals surface area contributed by atoms with Crippen LogP contribution in [0.15, 0.2) is 24.4 Å². The minimum Gasteiger partial charge on any atom is -0.481 e. The van der Waals surface area contributed by atoms with Gasteiger partial charge in [-0.1, -0.05) is 18.2 Å². The van der Waals surface area contributed by atoms with E-state index in [-0.39, 0.29) is 6.42 Å². The molecule has 13 heavy (non-hydrogen) atoms. The molecule has 1 aromatic carbocycles. The Labute approximate surface area is 74.2 Å². The lowest BCUT2D eigenvalue weighted by Crippen LogP contribution is -2.00. The molecule has 2 aromatic rings. The van der Waals surface area contributed by atoms with Crippen molar-refractivity contribution >= 4 is 16.9 Å². The molecule has 4 nitrogen and oxygen atoms in total. The summed E-state index contributed by atoms with van der Waals surface area (Å²) in [5.74, 6) is -0.831. The van der Waals surface area contributed by atoms with Gasteiger partial charge in [-0.05, 0) is 5.56 Å². The average molecular weight is 176 g/mol. The Hall–Kier alpha value is -1.84. The number of aromatic amines is 1. The first kappa shape index (κ1) is 7.79. The number of benzene rings is 1. The fraction of sp³-hybridized carbons (Fsp3) is 0.111. The molecule has 0 amide bonds. The topological polar surface area (TPSA) is 66.0 Å². The Morgan fingerprint density at radius 1 is 1.54 bits per heavy atom. The molecular formula is C9H8N2O2. The molecule has 4 heteroatoms. The Balaban J connectivity index is 2.54. The monoisotopic (exact) mass is 176 g/mol. The fourth-order valence-corrected chi connectivity index (χ4v) is 1.34. The van der Waals surface area contributed by atoms with Gasteiger partial charge in [0.15, 0.2) is 0 Å². The molecule has 2 N–H and O–H groups in total. The number of carboxylic acids is 1. The second-order valence-electron chi connectivity index (χ2n) is 2.82. The van der Waals surface area contributed by atoms with Crippen LogP contribution in [0.2, 0.25) is 0 Å². The van der Waals surface area contributed by atoms with E-state index in [2.05, 4.69) is 10.2 Å². The van der Waals surface area contributed by atoms with E-state index in [0.717, 1.165) is 16.5 Å². The molecule has 0 saturated heterocycles. The number of carboxylic acid groups (broad SMARTS) is 1. The van der Waals surface area contributed by atoms with Crippen molar-refractivity contribution in [2.45, 2.75) is 6.42 Å².